The van der Waals surface area contributed by atoms with Crippen LogP contribution in [0.3, 0.4) is 0 Å². The highest BCUT2D eigenvalue weighted by Crippen LogP contribution is 2.33. The van der Waals surface area contributed by atoms with Crippen LogP contribution in [0.25, 0.3) is 0 Å². The molecule has 1 aromatic rings. The van der Waals surface area contributed by atoms with Crippen LogP contribution in [-0.4, -0.2) is 14.7 Å². The van der Waals surface area contributed by atoms with Gasteiger partial charge in [0.1, 0.15) is 11.4 Å². The Labute approximate surface area is 98.5 Å². The van der Waals surface area contributed by atoms with Crippen LogP contribution < -0.4 is 0 Å². The van der Waals surface area contributed by atoms with Crippen LogP contribution in [0.5, 0.6) is 0 Å². The van der Waals surface area contributed by atoms with Gasteiger partial charge in [0.2, 0.25) is 0 Å². The molecule has 0 saturated carbocycles. The molecule has 0 radical (unpaired) electrons. The van der Waals surface area contributed by atoms with Crippen LogP contribution in [0.4, 0.5) is 0 Å². The maximum absolute atomic E-state index is 10.8. The molecule has 0 aromatic carbocycles. The maximum atomic E-state index is 10.8. The molecule has 1 heterocycles. The van der Waals surface area contributed by atoms with E-state index in [2.05, 4.69) is 32.7 Å². The molecule has 16 heavy (non-hydrogen) atoms. The molecule has 1 aromatic heterocycles. The normalized spacial score (nSPS) is 12.8. The molecule has 0 aliphatic heterocycles. The molecule has 92 valence electrons. The van der Waals surface area contributed by atoms with E-state index in [1.807, 2.05) is 17.8 Å². The van der Waals surface area contributed by atoms with Gasteiger partial charge in [-0.15, -0.1) is 0 Å². The first-order chi connectivity index (χ1) is 7.35. The Morgan fingerprint density at radius 2 is 1.75 bits per heavy atom. The third-order valence-corrected chi connectivity index (χ3v) is 2.73. The van der Waals surface area contributed by atoms with Crippen LogP contribution >= 0.6 is 0 Å². The SMILES string of the molecule is CC(C)CC(O)(CC(C)C)c1nccn1C. The number of rotatable bonds is 5. The molecule has 0 unspecified atom stereocenters. The molecular formula is C13H24N2O. The van der Waals surface area contributed by atoms with Gasteiger partial charge in [-0.1, -0.05) is 27.7 Å². The Morgan fingerprint density at radius 1 is 1.25 bits per heavy atom. The lowest BCUT2D eigenvalue weighted by atomic mass is 9.84. The molecule has 0 fully saturated rings. The Hall–Kier alpha value is -0.830. The average Bonchev–Trinajstić information content (AvgIpc) is 2.48. The second-order valence-electron chi connectivity index (χ2n) is 5.59. The molecular weight excluding hydrogens is 200 g/mol. The fraction of sp³-hybridized carbons (Fsp3) is 0.769. The summed E-state index contributed by atoms with van der Waals surface area (Å²) in [4.78, 5) is 4.31. The predicted molar refractivity (Wildman–Crippen MR) is 66.0 cm³/mol. The molecule has 3 nitrogen and oxygen atoms in total. The number of aliphatic hydroxyl groups is 1. The Bertz CT molecular complexity index is 318. The molecule has 3 heteroatoms. The summed E-state index contributed by atoms with van der Waals surface area (Å²) in [6.45, 7) is 8.53. The van der Waals surface area contributed by atoms with Crippen LogP contribution in [0.1, 0.15) is 46.4 Å². The van der Waals surface area contributed by atoms with Crippen molar-refractivity contribution in [2.24, 2.45) is 18.9 Å². The van der Waals surface area contributed by atoms with E-state index in [9.17, 15) is 5.11 Å². The van der Waals surface area contributed by atoms with Crippen LogP contribution in [-0.2, 0) is 12.6 Å². The zero-order chi connectivity index (χ0) is 12.3. The first-order valence-electron chi connectivity index (χ1n) is 6.05. The van der Waals surface area contributed by atoms with Gasteiger partial charge in [0.25, 0.3) is 0 Å². The number of hydrogen-bond donors (Lipinski definition) is 1. The fourth-order valence-electron chi connectivity index (χ4n) is 2.43. The lowest BCUT2D eigenvalue weighted by Crippen LogP contribution is -2.32. The Balaban J connectivity index is 2.99. The largest absolute Gasteiger partial charge is 0.382 e. The second kappa shape index (κ2) is 5.00. The predicted octanol–water partition coefficient (Wildman–Crippen LogP) is 2.70. The number of hydrogen-bond acceptors (Lipinski definition) is 2. The van der Waals surface area contributed by atoms with E-state index in [4.69, 9.17) is 0 Å². The van der Waals surface area contributed by atoms with Gasteiger partial charge in [0.05, 0.1) is 0 Å². The summed E-state index contributed by atoms with van der Waals surface area (Å²) >= 11 is 0. The molecule has 0 saturated heterocycles. The van der Waals surface area contributed by atoms with Gasteiger partial charge in [-0.3, -0.25) is 0 Å². The van der Waals surface area contributed by atoms with Gasteiger partial charge in [-0.2, -0.15) is 0 Å². The Kier molecular flexibility index (Phi) is 4.14. The lowest BCUT2D eigenvalue weighted by Gasteiger charge is -2.31. The van der Waals surface area contributed by atoms with Gasteiger partial charge in [-0.05, 0) is 24.7 Å². The van der Waals surface area contributed by atoms with Gasteiger partial charge < -0.3 is 9.67 Å². The minimum Gasteiger partial charge on any atom is -0.382 e. The van der Waals surface area contributed by atoms with Crippen molar-refractivity contribution in [3.05, 3.63) is 18.2 Å². The van der Waals surface area contributed by atoms with E-state index in [1.165, 1.54) is 0 Å². The fourth-order valence-corrected chi connectivity index (χ4v) is 2.43. The van der Waals surface area contributed by atoms with E-state index >= 15 is 0 Å². The smallest absolute Gasteiger partial charge is 0.140 e. The quantitative estimate of drug-likeness (QED) is 0.835. The van der Waals surface area contributed by atoms with Gasteiger partial charge in [-0.25, -0.2) is 4.98 Å². The van der Waals surface area contributed by atoms with Crippen LogP contribution in [0, 0.1) is 11.8 Å². The second-order valence-corrected chi connectivity index (χ2v) is 5.59. The number of nitrogens with zero attached hydrogens (tertiary/aromatic N) is 2. The molecule has 1 N–H and O–H groups in total. The molecule has 1 rings (SSSR count). The molecule has 0 aliphatic carbocycles. The third kappa shape index (κ3) is 3.08. The summed E-state index contributed by atoms with van der Waals surface area (Å²) in [5, 5.41) is 10.8. The van der Waals surface area contributed by atoms with E-state index in [1.54, 1.807) is 6.20 Å². The minimum atomic E-state index is -0.791. The van der Waals surface area contributed by atoms with E-state index in [0.717, 1.165) is 18.7 Å². The highest BCUT2D eigenvalue weighted by Gasteiger charge is 2.34. The number of imidazole rings is 1. The summed E-state index contributed by atoms with van der Waals surface area (Å²) in [6, 6.07) is 0. The first kappa shape index (κ1) is 13.2. The number of aromatic nitrogens is 2. The summed E-state index contributed by atoms with van der Waals surface area (Å²) < 4.78 is 1.92. The maximum Gasteiger partial charge on any atom is 0.140 e. The molecule has 0 spiro atoms. The van der Waals surface area contributed by atoms with Crippen molar-refractivity contribution in [2.75, 3.05) is 0 Å². The van der Waals surface area contributed by atoms with Crippen molar-refractivity contribution >= 4 is 0 Å². The van der Waals surface area contributed by atoms with E-state index < -0.39 is 5.60 Å². The standard InChI is InChI=1S/C13H24N2O/c1-10(2)8-13(16,9-11(3)4)12-14-6-7-15(12)5/h6-7,10-11,16H,8-9H2,1-5H3. The summed E-state index contributed by atoms with van der Waals surface area (Å²) in [5.74, 6) is 1.70. The van der Waals surface area contributed by atoms with E-state index in [0.29, 0.717) is 11.8 Å². The van der Waals surface area contributed by atoms with Crippen molar-refractivity contribution < 1.29 is 5.11 Å². The van der Waals surface area contributed by atoms with Gasteiger partial charge in [0.15, 0.2) is 0 Å². The monoisotopic (exact) mass is 224 g/mol. The zero-order valence-electron chi connectivity index (χ0n) is 11.1. The van der Waals surface area contributed by atoms with Crippen molar-refractivity contribution in [3.63, 3.8) is 0 Å². The zero-order valence-corrected chi connectivity index (χ0v) is 11.1. The molecule has 0 bridgehead atoms. The van der Waals surface area contributed by atoms with Crippen LogP contribution in [0.2, 0.25) is 0 Å². The summed E-state index contributed by atoms with van der Waals surface area (Å²) in [5.41, 5.74) is -0.791. The van der Waals surface area contributed by atoms with Crippen molar-refractivity contribution in [1.29, 1.82) is 0 Å². The minimum absolute atomic E-state index is 0.459. The summed E-state index contributed by atoms with van der Waals surface area (Å²) in [7, 11) is 1.94. The topological polar surface area (TPSA) is 38.1 Å². The van der Waals surface area contributed by atoms with Crippen molar-refractivity contribution in [2.45, 2.75) is 46.1 Å². The molecule has 0 aliphatic rings. The Morgan fingerprint density at radius 3 is 2.06 bits per heavy atom. The van der Waals surface area contributed by atoms with Gasteiger partial charge >= 0.3 is 0 Å². The average molecular weight is 224 g/mol. The van der Waals surface area contributed by atoms with Gasteiger partial charge in [0, 0.05) is 19.4 Å². The third-order valence-electron chi connectivity index (χ3n) is 2.73. The molecule has 0 atom stereocenters. The first-order valence-corrected chi connectivity index (χ1v) is 6.05. The van der Waals surface area contributed by atoms with Crippen molar-refractivity contribution in [1.82, 2.24) is 9.55 Å². The summed E-state index contributed by atoms with van der Waals surface area (Å²) in [6.07, 6.45) is 5.16. The van der Waals surface area contributed by atoms with E-state index in [-0.39, 0.29) is 0 Å². The van der Waals surface area contributed by atoms with Crippen molar-refractivity contribution in [3.8, 4) is 0 Å². The lowest BCUT2D eigenvalue weighted by molar-refractivity contribution is -0.0149. The van der Waals surface area contributed by atoms with Crippen LogP contribution in [0.15, 0.2) is 12.4 Å². The highest BCUT2D eigenvalue weighted by molar-refractivity contribution is 5.05. The number of aryl methyl sites for hydroxylation is 1. The highest BCUT2D eigenvalue weighted by atomic mass is 16.3. The molecule has 0 amide bonds.